The van der Waals surface area contributed by atoms with Gasteiger partial charge in [-0.05, 0) is 12.1 Å². The van der Waals surface area contributed by atoms with Crippen molar-refractivity contribution in [1.82, 2.24) is 0 Å². The minimum Gasteiger partial charge on any atom is -0.295 e. The van der Waals surface area contributed by atoms with E-state index in [4.69, 9.17) is 15.1 Å². The molecule has 0 aliphatic carbocycles. The Morgan fingerprint density at radius 3 is 1.63 bits per heavy atom. The first-order valence-corrected chi connectivity index (χ1v) is 5.59. The van der Waals surface area contributed by atoms with Crippen molar-refractivity contribution < 1.29 is 42.8 Å². The van der Waals surface area contributed by atoms with Gasteiger partial charge in [-0.3, -0.25) is 14.3 Å². The predicted octanol–water partition coefficient (Wildman–Crippen LogP) is -0.188. The van der Waals surface area contributed by atoms with Crippen LogP contribution in [0.3, 0.4) is 0 Å². The van der Waals surface area contributed by atoms with Crippen LogP contribution in [0.4, 0.5) is 0 Å². The minimum atomic E-state index is -5.00. The van der Waals surface area contributed by atoms with Crippen LogP contribution in [0.1, 0.15) is 20.7 Å². The summed E-state index contributed by atoms with van der Waals surface area (Å²) in [5.41, 5.74) is -1.61. The van der Waals surface area contributed by atoms with Crippen molar-refractivity contribution in [2.45, 2.75) is 4.90 Å². The smallest absolute Gasteiger partial charge is 0.295 e. The molecule has 3 N–H and O–H groups in total. The Hall–Kier alpha value is -1.41. The van der Waals surface area contributed by atoms with E-state index in [1.54, 1.807) is 0 Å². The first kappa shape index (κ1) is 17.6. The van der Waals surface area contributed by atoms with Crippen LogP contribution in [0.15, 0.2) is 23.1 Å². The Bertz CT molecular complexity index is 560. The molecule has 19 heavy (non-hydrogen) atoms. The van der Waals surface area contributed by atoms with E-state index in [1.807, 2.05) is 0 Å². The molecule has 9 nitrogen and oxygen atoms in total. The molecule has 0 aliphatic heterocycles. The summed E-state index contributed by atoms with van der Waals surface area (Å²) in [7, 11) is -5.00. The zero-order valence-corrected chi connectivity index (χ0v) is 10.2. The van der Waals surface area contributed by atoms with Gasteiger partial charge < -0.3 is 0 Å². The maximum Gasteiger partial charge on any atom is 0.374 e. The maximum absolute atomic E-state index is 11.1. The van der Waals surface area contributed by atoms with Crippen molar-refractivity contribution in [2.24, 2.45) is 0 Å². The van der Waals surface area contributed by atoms with Crippen LogP contribution in [0.5, 0.6) is 0 Å². The van der Waals surface area contributed by atoms with Crippen LogP contribution in [0.25, 0.3) is 0 Å². The summed E-state index contributed by atoms with van der Waals surface area (Å²) in [5.74, 6) is -3.04. The molecule has 0 aromatic heterocycles. The van der Waals surface area contributed by atoms with Gasteiger partial charge in [-0.15, -0.1) is 0 Å². The van der Waals surface area contributed by atoms with Gasteiger partial charge in [0.2, 0.25) is 0 Å². The monoisotopic (exact) mass is 285 g/mol. The molecule has 99 valence electrons. The summed E-state index contributed by atoms with van der Waals surface area (Å²) < 4.78 is 31.1. The third-order valence-electron chi connectivity index (χ3n) is 1.88. The zero-order chi connectivity index (χ0) is 13.9. The van der Waals surface area contributed by atoms with Crippen LogP contribution in [-0.2, 0) is 19.9 Å². The predicted molar refractivity (Wildman–Crippen MR) is 58.1 cm³/mol. The number of carbonyl (C=O) groups excluding carboxylic acids is 2. The molecule has 1 aromatic rings. The molecule has 1 radical (unpaired) electrons. The van der Waals surface area contributed by atoms with Crippen molar-refractivity contribution in [1.29, 1.82) is 0 Å². The summed E-state index contributed by atoms with van der Waals surface area (Å²) in [4.78, 5) is 27.6. The number of hydrogen-bond donors (Lipinski definition) is 3. The van der Waals surface area contributed by atoms with Gasteiger partial charge in [-0.1, -0.05) is 6.07 Å². The summed E-state index contributed by atoms with van der Waals surface area (Å²) in [5, 5.41) is 16.3. The van der Waals surface area contributed by atoms with Gasteiger partial charge in [-0.25, -0.2) is 9.59 Å². The molecule has 0 saturated heterocycles. The molecular weight excluding hydrogens is 279 g/mol. The molecule has 0 atom stereocenters. The third-order valence-corrected chi connectivity index (χ3v) is 2.83. The molecule has 0 unspecified atom stereocenters. The molecule has 0 spiro atoms. The van der Waals surface area contributed by atoms with Gasteiger partial charge in [0, 0.05) is 18.9 Å². The zero-order valence-electron chi connectivity index (χ0n) is 9.43. The Labute approximate surface area is 118 Å². The summed E-state index contributed by atoms with van der Waals surface area (Å²) in [6, 6.07) is 2.79. The van der Waals surface area contributed by atoms with Gasteiger partial charge >= 0.3 is 11.9 Å². The average Bonchev–Trinajstić information content (AvgIpc) is 2.34. The van der Waals surface area contributed by atoms with Gasteiger partial charge in [-0.2, -0.15) is 18.9 Å². The molecular formula is C8H6LiO9S. The van der Waals surface area contributed by atoms with Crippen LogP contribution in [0, 0.1) is 0 Å². The third kappa shape index (κ3) is 3.77. The standard InChI is InChI=1S/C8H6O9S.Li/c9-7(16-11)4-2-1-3-5(8(10)17-12)6(4)18(13,14)15;/h1-3,11-12H,(H,13,14,15);. The van der Waals surface area contributed by atoms with E-state index in [0.717, 1.165) is 18.2 Å². The molecule has 0 amide bonds. The average molecular weight is 285 g/mol. The SMILES string of the molecule is O=C(OO)c1cccc(C(=O)OO)c1S(=O)(=O)O.[Li]. The Morgan fingerprint density at radius 1 is 1.00 bits per heavy atom. The van der Waals surface area contributed by atoms with Crippen LogP contribution in [-0.4, -0.2) is 54.3 Å². The maximum atomic E-state index is 11.1. The number of hydrogen-bond acceptors (Lipinski definition) is 8. The first-order chi connectivity index (χ1) is 8.32. The second-order valence-corrected chi connectivity index (χ2v) is 4.27. The summed E-state index contributed by atoms with van der Waals surface area (Å²) in [6.07, 6.45) is 0. The van der Waals surface area contributed by atoms with E-state index in [2.05, 4.69) is 9.78 Å². The van der Waals surface area contributed by atoms with Crippen LogP contribution < -0.4 is 0 Å². The van der Waals surface area contributed by atoms with Crippen molar-refractivity contribution in [3.05, 3.63) is 29.3 Å². The topological polar surface area (TPSA) is 147 Å². The second kappa shape index (κ2) is 6.67. The van der Waals surface area contributed by atoms with Crippen molar-refractivity contribution in [3.63, 3.8) is 0 Å². The van der Waals surface area contributed by atoms with Crippen molar-refractivity contribution in [3.8, 4) is 0 Å². The second-order valence-electron chi connectivity index (χ2n) is 2.91. The van der Waals surface area contributed by atoms with Crippen LogP contribution >= 0.6 is 0 Å². The molecule has 0 aliphatic rings. The fourth-order valence-electron chi connectivity index (χ4n) is 1.23. The van der Waals surface area contributed by atoms with E-state index in [1.165, 1.54) is 0 Å². The Balaban J connectivity index is 0.00000324. The fraction of sp³-hybridized carbons (Fsp3) is 0. The molecule has 11 heteroatoms. The molecule has 1 rings (SSSR count). The number of benzene rings is 1. The van der Waals surface area contributed by atoms with E-state index >= 15 is 0 Å². The molecule has 0 bridgehead atoms. The van der Waals surface area contributed by atoms with Gasteiger partial charge in [0.05, 0.1) is 11.1 Å². The molecule has 0 saturated carbocycles. The molecule has 0 heterocycles. The van der Waals surface area contributed by atoms with E-state index in [-0.39, 0.29) is 18.9 Å². The number of rotatable bonds is 3. The quantitative estimate of drug-likeness (QED) is 0.297. The van der Waals surface area contributed by atoms with Gasteiger partial charge in [0.1, 0.15) is 4.90 Å². The Kier molecular flexibility index (Phi) is 6.17. The van der Waals surface area contributed by atoms with E-state index < -0.39 is 38.1 Å². The normalized spacial score (nSPS) is 10.3. The van der Waals surface area contributed by atoms with Gasteiger partial charge in [0.25, 0.3) is 10.1 Å². The van der Waals surface area contributed by atoms with Crippen molar-refractivity contribution >= 4 is 40.9 Å². The summed E-state index contributed by atoms with van der Waals surface area (Å²) >= 11 is 0. The van der Waals surface area contributed by atoms with Crippen LogP contribution in [0.2, 0.25) is 0 Å². The Morgan fingerprint density at radius 2 is 1.37 bits per heavy atom. The summed E-state index contributed by atoms with van der Waals surface area (Å²) in [6.45, 7) is 0. The number of carbonyl (C=O) groups is 2. The fourth-order valence-corrected chi connectivity index (χ4v) is 2.09. The van der Waals surface area contributed by atoms with Gasteiger partial charge in [0.15, 0.2) is 0 Å². The largest absolute Gasteiger partial charge is 0.374 e. The minimum absolute atomic E-state index is 0. The molecule has 1 aromatic carbocycles. The first-order valence-electron chi connectivity index (χ1n) is 4.15. The van der Waals surface area contributed by atoms with E-state index in [0.29, 0.717) is 0 Å². The van der Waals surface area contributed by atoms with Crippen molar-refractivity contribution in [2.75, 3.05) is 0 Å². The molecule has 0 fully saturated rings. The van der Waals surface area contributed by atoms with E-state index in [9.17, 15) is 18.0 Å².